The second-order valence-electron chi connectivity index (χ2n) is 6.30. The monoisotopic (exact) mass is 302 g/mol. The van der Waals surface area contributed by atoms with Gasteiger partial charge in [0, 0.05) is 32.1 Å². The van der Waals surface area contributed by atoms with Crippen molar-refractivity contribution in [3.05, 3.63) is 35.9 Å². The highest BCUT2D eigenvalue weighted by atomic mass is 16.4. The Morgan fingerprint density at radius 2 is 2.00 bits per heavy atom. The molecule has 2 aliphatic heterocycles. The van der Waals surface area contributed by atoms with Crippen molar-refractivity contribution >= 4 is 11.9 Å². The van der Waals surface area contributed by atoms with Gasteiger partial charge in [0.25, 0.3) is 0 Å². The third kappa shape index (κ3) is 3.30. The fourth-order valence-corrected chi connectivity index (χ4v) is 3.52. The van der Waals surface area contributed by atoms with E-state index in [1.54, 1.807) is 4.90 Å². The molecule has 22 heavy (non-hydrogen) atoms. The first-order valence-corrected chi connectivity index (χ1v) is 7.92. The highest BCUT2D eigenvalue weighted by molar-refractivity contribution is 5.86. The molecule has 2 fully saturated rings. The molecule has 5 nitrogen and oxygen atoms in total. The van der Waals surface area contributed by atoms with Gasteiger partial charge in [0.2, 0.25) is 5.91 Å². The third-order valence-corrected chi connectivity index (χ3v) is 4.68. The van der Waals surface area contributed by atoms with Crippen LogP contribution in [0.2, 0.25) is 0 Å². The number of carbonyl (C=O) groups is 2. The van der Waals surface area contributed by atoms with Gasteiger partial charge in [-0.3, -0.25) is 14.5 Å². The second kappa shape index (κ2) is 6.48. The molecule has 1 aromatic carbocycles. The topological polar surface area (TPSA) is 60.9 Å². The number of rotatable bonds is 4. The van der Waals surface area contributed by atoms with Gasteiger partial charge in [0.05, 0.1) is 5.92 Å². The van der Waals surface area contributed by atoms with E-state index in [0.717, 1.165) is 32.5 Å². The van der Waals surface area contributed by atoms with Crippen LogP contribution in [0.15, 0.2) is 30.3 Å². The van der Waals surface area contributed by atoms with Crippen LogP contribution in [0, 0.1) is 5.92 Å². The van der Waals surface area contributed by atoms with Gasteiger partial charge in [0.1, 0.15) is 0 Å². The molecule has 1 aromatic rings. The molecule has 2 saturated heterocycles. The summed E-state index contributed by atoms with van der Waals surface area (Å²) >= 11 is 0. The molecule has 5 heteroatoms. The summed E-state index contributed by atoms with van der Waals surface area (Å²) in [6, 6.07) is 10.5. The number of carboxylic acid groups (broad SMARTS) is 1. The molecule has 1 unspecified atom stereocenters. The lowest BCUT2D eigenvalue weighted by Gasteiger charge is -2.37. The molecular formula is C17H22N2O3. The molecule has 0 aromatic heterocycles. The van der Waals surface area contributed by atoms with Crippen molar-refractivity contribution in [3.63, 3.8) is 0 Å². The number of nitrogens with zero attached hydrogens (tertiary/aromatic N) is 2. The molecular weight excluding hydrogens is 280 g/mol. The predicted octanol–water partition coefficient (Wildman–Crippen LogP) is 1.58. The minimum atomic E-state index is -0.854. The van der Waals surface area contributed by atoms with E-state index in [2.05, 4.69) is 17.0 Å². The lowest BCUT2D eigenvalue weighted by Crippen LogP contribution is -2.48. The number of benzene rings is 1. The van der Waals surface area contributed by atoms with Crippen molar-refractivity contribution in [2.24, 2.45) is 5.92 Å². The zero-order valence-electron chi connectivity index (χ0n) is 12.6. The standard InChI is InChI=1S/C17H22N2O3/c20-16-9-14(17(21)22)11-19(16)15-7-4-8-18(12-15)10-13-5-2-1-3-6-13/h1-3,5-6,14-15H,4,7-12H2,(H,21,22)/t14?,15-/m1/s1. The highest BCUT2D eigenvalue weighted by Gasteiger charge is 2.39. The van der Waals surface area contributed by atoms with Crippen molar-refractivity contribution in [1.29, 1.82) is 0 Å². The summed E-state index contributed by atoms with van der Waals surface area (Å²) in [5.74, 6) is -1.39. The second-order valence-corrected chi connectivity index (χ2v) is 6.30. The molecule has 118 valence electrons. The van der Waals surface area contributed by atoms with Crippen LogP contribution in [0.5, 0.6) is 0 Å². The van der Waals surface area contributed by atoms with Crippen LogP contribution in [0.3, 0.4) is 0 Å². The Hall–Kier alpha value is -1.88. The minimum absolute atomic E-state index is 0.000962. The van der Waals surface area contributed by atoms with Gasteiger partial charge < -0.3 is 10.0 Å². The summed E-state index contributed by atoms with van der Waals surface area (Å²) in [4.78, 5) is 27.4. The number of hydrogen-bond donors (Lipinski definition) is 1. The fraction of sp³-hybridized carbons (Fsp3) is 0.529. The van der Waals surface area contributed by atoms with Crippen molar-refractivity contribution in [3.8, 4) is 0 Å². The molecule has 2 heterocycles. The summed E-state index contributed by atoms with van der Waals surface area (Å²) in [5, 5.41) is 9.10. The molecule has 2 atom stereocenters. The van der Waals surface area contributed by atoms with E-state index in [9.17, 15) is 9.59 Å². The van der Waals surface area contributed by atoms with E-state index >= 15 is 0 Å². The smallest absolute Gasteiger partial charge is 0.308 e. The van der Waals surface area contributed by atoms with Crippen molar-refractivity contribution in [2.45, 2.75) is 31.8 Å². The summed E-state index contributed by atoms with van der Waals surface area (Å²) < 4.78 is 0. The summed E-state index contributed by atoms with van der Waals surface area (Å²) in [6.45, 7) is 3.14. The van der Waals surface area contributed by atoms with Crippen LogP contribution in [-0.4, -0.2) is 52.5 Å². The average Bonchev–Trinajstić information content (AvgIpc) is 2.91. The summed E-state index contributed by atoms with van der Waals surface area (Å²) in [6.07, 6.45) is 2.19. The first kappa shape index (κ1) is 15.0. The van der Waals surface area contributed by atoms with Crippen molar-refractivity contribution in [1.82, 2.24) is 9.80 Å². The molecule has 1 N–H and O–H groups in total. The van der Waals surface area contributed by atoms with Crippen LogP contribution < -0.4 is 0 Å². The van der Waals surface area contributed by atoms with Gasteiger partial charge in [-0.25, -0.2) is 0 Å². The van der Waals surface area contributed by atoms with Crippen molar-refractivity contribution < 1.29 is 14.7 Å². The Morgan fingerprint density at radius 3 is 2.68 bits per heavy atom. The normalized spacial score (nSPS) is 26.4. The summed E-state index contributed by atoms with van der Waals surface area (Å²) in [5.41, 5.74) is 1.28. The molecule has 0 saturated carbocycles. The predicted molar refractivity (Wildman–Crippen MR) is 82.2 cm³/mol. The number of piperidine rings is 1. The molecule has 0 spiro atoms. The zero-order valence-corrected chi connectivity index (χ0v) is 12.6. The Balaban J connectivity index is 1.61. The van der Waals surface area contributed by atoms with E-state index in [1.165, 1.54) is 5.56 Å². The summed E-state index contributed by atoms with van der Waals surface area (Å²) in [7, 11) is 0. The number of carbonyl (C=O) groups excluding carboxylic acids is 1. The molecule has 0 aliphatic carbocycles. The van der Waals surface area contributed by atoms with Crippen LogP contribution >= 0.6 is 0 Å². The maximum absolute atomic E-state index is 12.1. The van der Waals surface area contributed by atoms with Crippen LogP contribution in [0.25, 0.3) is 0 Å². The SMILES string of the molecule is O=C(O)C1CC(=O)N([C@@H]2CCCN(Cc3ccccc3)C2)C1. The quantitative estimate of drug-likeness (QED) is 0.917. The fourth-order valence-electron chi connectivity index (χ4n) is 3.52. The Bertz CT molecular complexity index is 546. The minimum Gasteiger partial charge on any atom is -0.481 e. The third-order valence-electron chi connectivity index (χ3n) is 4.68. The van der Waals surface area contributed by atoms with Gasteiger partial charge in [-0.2, -0.15) is 0 Å². The zero-order chi connectivity index (χ0) is 15.5. The first-order valence-electron chi connectivity index (χ1n) is 7.92. The average molecular weight is 302 g/mol. The van der Waals surface area contributed by atoms with E-state index < -0.39 is 11.9 Å². The van der Waals surface area contributed by atoms with Gasteiger partial charge >= 0.3 is 5.97 Å². The van der Waals surface area contributed by atoms with E-state index in [-0.39, 0.29) is 18.4 Å². The van der Waals surface area contributed by atoms with E-state index in [0.29, 0.717) is 6.54 Å². The van der Waals surface area contributed by atoms with Crippen molar-refractivity contribution in [2.75, 3.05) is 19.6 Å². The molecule has 3 rings (SSSR count). The molecule has 0 radical (unpaired) electrons. The Morgan fingerprint density at radius 1 is 1.23 bits per heavy atom. The largest absolute Gasteiger partial charge is 0.481 e. The number of aliphatic carboxylic acids is 1. The lowest BCUT2D eigenvalue weighted by atomic mass is 10.0. The van der Waals surface area contributed by atoms with Gasteiger partial charge in [-0.1, -0.05) is 30.3 Å². The number of likely N-dealkylation sites (tertiary alicyclic amines) is 2. The maximum Gasteiger partial charge on any atom is 0.308 e. The van der Waals surface area contributed by atoms with Crippen LogP contribution in [0.4, 0.5) is 0 Å². The lowest BCUT2D eigenvalue weighted by molar-refractivity contribution is -0.141. The first-order chi connectivity index (χ1) is 10.6. The van der Waals surface area contributed by atoms with Gasteiger partial charge in [-0.05, 0) is 24.9 Å². The molecule has 0 bridgehead atoms. The van der Waals surface area contributed by atoms with Crippen LogP contribution in [-0.2, 0) is 16.1 Å². The highest BCUT2D eigenvalue weighted by Crippen LogP contribution is 2.25. The number of amides is 1. The molecule has 1 amide bonds. The Labute approximate surface area is 130 Å². The maximum atomic E-state index is 12.1. The van der Waals surface area contributed by atoms with Gasteiger partial charge in [0.15, 0.2) is 0 Å². The van der Waals surface area contributed by atoms with Crippen LogP contribution in [0.1, 0.15) is 24.8 Å². The number of hydrogen-bond acceptors (Lipinski definition) is 3. The number of carboxylic acids is 1. The Kier molecular flexibility index (Phi) is 4.43. The van der Waals surface area contributed by atoms with Gasteiger partial charge in [-0.15, -0.1) is 0 Å². The van der Waals surface area contributed by atoms with E-state index in [4.69, 9.17) is 5.11 Å². The van der Waals surface area contributed by atoms with E-state index in [1.807, 2.05) is 18.2 Å². The molecule has 2 aliphatic rings.